The summed E-state index contributed by atoms with van der Waals surface area (Å²) >= 11 is 6.12. The van der Waals surface area contributed by atoms with Crippen LogP contribution in [0, 0.1) is 20.8 Å². The Morgan fingerprint density at radius 3 is 2.53 bits per heavy atom. The molecule has 1 aromatic carbocycles. The van der Waals surface area contributed by atoms with E-state index in [2.05, 4.69) is 5.10 Å². The first-order chi connectivity index (χ1) is 8.90. The lowest BCUT2D eigenvalue weighted by molar-refractivity contribution is 0.0697. The number of carboxylic acid groups (broad SMARTS) is 1. The van der Waals surface area contributed by atoms with Crippen molar-refractivity contribution in [3.05, 3.63) is 51.3 Å². The molecule has 4 nitrogen and oxygen atoms in total. The molecule has 100 valence electrons. The molecule has 1 heterocycles. The summed E-state index contributed by atoms with van der Waals surface area (Å²) in [7, 11) is 0. The molecule has 0 spiro atoms. The SMILES string of the molecule is Cc1nn(Cc2ccc(C(=O)O)cc2Cl)c(C)c1C. The predicted molar refractivity (Wildman–Crippen MR) is 74.0 cm³/mol. The Bertz CT molecular complexity index is 647. The van der Waals surface area contributed by atoms with Crippen LogP contribution >= 0.6 is 11.6 Å². The lowest BCUT2D eigenvalue weighted by atomic mass is 10.1. The van der Waals surface area contributed by atoms with Crippen LogP contribution < -0.4 is 0 Å². The third-order valence-electron chi connectivity index (χ3n) is 3.36. The normalized spacial score (nSPS) is 10.7. The van der Waals surface area contributed by atoms with Gasteiger partial charge < -0.3 is 5.11 Å². The molecule has 0 amide bonds. The Hall–Kier alpha value is -1.81. The molecule has 5 heteroatoms. The molecule has 0 fully saturated rings. The van der Waals surface area contributed by atoms with Crippen molar-refractivity contribution in [2.45, 2.75) is 27.3 Å². The first kappa shape index (κ1) is 13.6. The summed E-state index contributed by atoms with van der Waals surface area (Å²) in [6.07, 6.45) is 0. The van der Waals surface area contributed by atoms with E-state index < -0.39 is 5.97 Å². The van der Waals surface area contributed by atoms with Gasteiger partial charge in [-0.05, 0) is 44.0 Å². The van der Waals surface area contributed by atoms with Crippen molar-refractivity contribution in [3.63, 3.8) is 0 Å². The number of halogens is 1. The van der Waals surface area contributed by atoms with E-state index in [-0.39, 0.29) is 5.56 Å². The monoisotopic (exact) mass is 278 g/mol. The average molecular weight is 279 g/mol. The molecular weight excluding hydrogens is 264 g/mol. The summed E-state index contributed by atoms with van der Waals surface area (Å²) in [6, 6.07) is 4.76. The van der Waals surface area contributed by atoms with E-state index in [1.807, 2.05) is 25.5 Å². The van der Waals surface area contributed by atoms with Crippen molar-refractivity contribution in [2.24, 2.45) is 0 Å². The van der Waals surface area contributed by atoms with Gasteiger partial charge in [0.1, 0.15) is 0 Å². The molecule has 0 saturated heterocycles. The lowest BCUT2D eigenvalue weighted by Crippen LogP contribution is -2.05. The van der Waals surface area contributed by atoms with E-state index in [1.165, 1.54) is 11.6 Å². The summed E-state index contributed by atoms with van der Waals surface area (Å²) in [5.74, 6) is -0.976. The molecule has 2 aromatic rings. The van der Waals surface area contributed by atoms with Crippen molar-refractivity contribution in [1.82, 2.24) is 9.78 Å². The smallest absolute Gasteiger partial charge is 0.335 e. The fraction of sp³-hybridized carbons (Fsp3) is 0.286. The number of benzene rings is 1. The molecule has 0 aliphatic heterocycles. The van der Waals surface area contributed by atoms with Crippen molar-refractivity contribution in [1.29, 1.82) is 0 Å². The van der Waals surface area contributed by atoms with Gasteiger partial charge in [-0.15, -0.1) is 0 Å². The van der Waals surface area contributed by atoms with E-state index >= 15 is 0 Å². The van der Waals surface area contributed by atoms with Crippen LogP contribution in [0.25, 0.3) is 0 Å². The van der Waals surface area contributed by atoms with Gasteiger partial charge in [0.15, 0.2) is 0 Å². The number of aromatic carboxylic acids is 1. The highest BCUT2D eigenvalue weighted by Crippen LogP contribution is 2.21. The molecule has 0 radical (unpaired) electrons. The van der Waals surface area contributed by atoms with Crippen molar-refractivity contribution in [3.8, 4) is 0 Å². The molecule has 0 aliphatic carbocycles. The first-order valence-corrected chi connectivity index (χ1v) is 6.30. The fourth-order valence-electron chi connectivity index (χ4n) is 1.91. The van der Waals surface area contributed by atoms with E-state index in [1.54, 1.807) is 12.1 Å². The van der Waals surface area contributed by atoms with Gasteiger partial charge in [-0.3, -0.25) is 4.68 Å². The Kier molecular flexibility index (Phi) is 3.62. The zero-order valence-electron chi connectivity index (χ0n) is 11.1. The number of hydrogen-bond acceptors (Lipinski definition) is 2. The Morgan fingerprint density at radius 2 is 2.05 bits per heavy atom. The number of hydrogen-bond donors (Lipinski definition) is 1. The number of rotatable bonds is 3. The molecule has 0 saturated carbocycles. The number of aryl methyl sites for hydroxylation is 1. The lowest BCUT2D eigenvalue weighted by Gasteiger charge is -2.08. The topological polar surface area (TPSA) is 55.1 Å². The molecule has 0 unspecified atom stereocenters. The minimum atomic E-state index is -0.976. The maximum Gasteiger partial charge on any atom is 0.335 e. The second kappa shape index (κ2) is 5.05. The number of aromatic nitrogens is 2. The molecule has 19 heavy (non-hydrogen) atoms. The highest BCUT2D eigenvalue weighted by Gasteiger charge is 2.11. The molecule has 0 bridgehead atoms. The van der Waals surface area contributed by atoms with E-state index in [4.69, 9.17) is 16.7 Å². The summed E-state index contributed by atoms with van der Waals surface area (Å²) in [4.78, 5) is 10.8. The number of carboxylic acids is 1. The van der Waals surface area contributed by atoms with Crippen LogP contribution in [0.1, 0.15) is 32.9 Å². The molecule has 1 N–H and O–H groups in total. The average Bonchev–Trinajstić information content (AvgIpc) is 2.59. The Morgan fingerprint density at radius 1 is 1.37 bits per heavy atom. The highest BCUT2D eigenvalue weighted by atomic mass is 35.5. The Labute approximate surface area is 116 Å². The van der Waals surface area contributed by atoms with E-state index in [0.717, 1.165) is 17.0 Å². The van der Waals surface area contributed by atoms with Gasteiger partial charge >= 0.3 is 5.97 Å². The van der Waals surface area contributed by atoms with Crippen LogP contribution in [0.4, 0.5) is 0 Å². The van der Waals surface area contributed by atoms with Crippen molar-refractivity contribution >= 4 is 17.6 Å². The van der Waals surface area contributed by atoms with Gasteiger partial charge in [0.25, 0.3) is 0 Å². The van der Waals surface area contributed by atoms with Gasteiger partial charge in [0, 0.05) is 10.7 Å². The maximum absolute atomic E-state index is 10.8. The third kappa shape index (κ3) is 2.63. The largest absolute Gasteiger partial charge is 0.478 e. The molecular formula is C14H15ClN2O2. The second-order valence-electron chi connectivity index (χ2n) is 4.56. The van der Waals surface area contributed by atoms with Crippen LogP contribution in [0.3, 0.4) is 0 Å². The third-order valence-corrected chi connectivity index (χ3v) is 3.72. The van der Waals surface area contributed by atoms with E-state index in [0.29, 0.717) is 11.6 Å². The number of carbonyl (C=O) groups is 1. The van der Waals surface area contributed by atoms with Gasteiger partial charge in [-0.1, -0.05) is 17.7 Å². The predicted octanol–water partition coefficient (Wildman–Crippen LogP) is 3.21. The summed E-state index contributed by atoms with van der Waals surface area (Å²) in [5.41, 5.74) is 4.31. The highest BCUT2D eigenvalue weighted by molar-refractivity contribution is 6.31. The molecule has 1 aromatic heterocycles. The van der Waals surface area contributed by atoms with Crippen LogP contribution in [0.2, 0.25) is 5.02 Å². The van der Waals surface area contributed by atoms with Crippen LogP contribution in [0.15, 0.2) is 18.2 Å². The first-order valence-electron chi connectivity index (χ1n) is 5.92. The molecule has 0 aliphatic rings. The maximum atomic E-state index is 10.8. The zero-order chi connectivity index (χ0) is 14.2. The standard InChI is InChI=1S/C14H15ClN2O2/c1-8-9(2)16-17(10(8)3)7-12-5-4-11(14(18)19)6-13(12)15/h4-6H,7H2,1-3H3,(H,18,19). The second-order valence-corrected chi connectivity index (χ2v) is 4.97. The van der Waals surface area contributed by atoms with Crippen molar-refractivity contribution < 1.29 is 9.90 Å². The Balaban J connectivity index is 2.33. The van der Waals surface area contributed by atoms with Crippen LogP contribution in [0.5, 0.6) is 0 Å². The van der Waals surface area contributed by atoms with Crippen LogP contribution in [-0.2, 0) is 6.54 Å². The molecule has 2 rings (SSSR count). The van der Waals surface area contributed by atoms with Crippen LogP contribution in [-0.4, -0.2) is 20.9 Å². The van der Waals surface area contributed by atoms with Gasteiger partial charge in [-0.25, -0.2) is 4.79 Å². The summed E-state index contributed by atoms with van der Waals surface area (Å²) in [5, 5.41) is 13.8. The quantitative estimate of drug-likeness (QED) is 0.938. The summed E-state index contributed by atoms with van der Waals surface area (Å²) < 4.78 is 1.88. The minimum absolute atomic E-state index is 0.193. The number of nitrogens with zero attached hydrogens (tertiary/aromatic N) is 2. The minimum Gasteiger partial charge on any atom is -0.478 e. The zero-order valence-corrected chi connectivity index (χ0v) is 11.8. The van der Waals surface area contributed by atoms with Gasteiger partial charge in [0.2, 0.25) is 0 Å². The van der Waals surface area contributed by atoms with Gasteiger partial charge in [-0.2, -0.15) is 5.10 Å². The van der Waals surface area contributed by atoms with Gasteiger partial charge in [0.05, 0.1) is 17.8 Å². The fourth-order valence-corrected chi connectivity index (χ4v) is 2.15. The molecule has 0 atom stereocenters. The summed E-state index contributed by atoms with van der Waals surface area (Å²) in [6.45, 7) is 6.55. The van der Waals surface area contributed by atoms with Crippen molar-refractivity contribution in [2.75, 3.05) is 0 Å². The van der Waals surface area contributed by atoms with E-state index in [9.17, 15) is 4.79 Å².